The van der Waals surface area contributed by atoms with Crippen molar-refractivity contribution in [3.05, 3.63) is 35.9 Å². The maximum absolute atomic E-state index is 12.6. The number of rotatable bonds is 6. The first-order valence-corrected chi connectivity index (χ1v) is 10.5. The number of nitrogens with zero attached hydrogens (tertiary/aromatic N) is 2. The summed E-state index contributed by atoms with van der Waals surface area (Å²) in [4.78, 5) is 29.2. The lowest BCUT2D eigenvalue weighted by atomic mass is 10.2. The van der Waals surface area contributed by atoms with Crippen molar-refractivity contribution in [1.29, 1.82) is 0 Å². The fourth-order valence-corrected chi connectivity index (χ4v) is 4.66. The highest BCUT2D eigenvalue weighted by molar-refractivity contribution is 7.91. The highest BCUT2D eigenvalue weighted by Crippen LogP contribution is 2.16. The van der Waals surface area contributed by atoms with Crippen LogP contribution in [0, 0.1) is 0 Å². The molecule has 1 fully saturated rings. The van der Waals surface area contributed by atoms with Crippen LogP contribution in [-0.4, -0.2) is 53.7 Å². The number of unbranched alkanes of at least 4 members (excludes halogenated alkanes) is 1. The van der Waals surface area contributed by atoms with Gasteiger partial charge in [0.1, 0.15) is 0 Å². The van der Waals surface area contributed by atoms with Gasteiger partial charge in [0.2, 0.25) is 5.82 Å². The van der Waals surface area contributed by atoms with Gasteiger partial charge in [-0.05, 0) is 25.0 Å². The molecule has 2 N–H and O–H groups in total. The van der Waals surface area contributed by atoms with Crippen molar-refractivity contribution in [2.45, 2.75) is 32.2 Å². The molecular formula is C17H22N4O4S. The summed E-state index contributed by atoms with van der Waals surface area (Å²) in [5.74, 6) is -0.659. The zero-order chi connectivity index (χ0) is 18.7. The van der Waals surface area contributed by atoms with E-state index in [-0.39, 0.29) is 28.9 Å². The Kier molecular flexibility index (Phi) is 5.26. The molecule has 2 aromatic rings. The molecular weight excluding hydrogens is 356 g/mol. The minimum atomic E-state index is -3.09. The maximum atomic E-state index is 12.6. The first kappa shape index (κ1) is 18.4. The van der Waals surface area contributed by atoms with Crippen LogP contribution >= 0.6 is 0 Å². The van der Waals surface area contributed by atoms with Crippen LogP contribution in [0.5, 0.6) is 0 Å². The predicted molar refractivity (Wildman–Crippen MR) is 97.0 cm³/mol. The summed E-state index contributed by atoms with van der Waals surface area (Å²) in [5.41, 5.74) is 0.627. The van der Waals surface area contributed by atoms with Gasteiger partial charge < -0.3 is 10.6 Å². The molecule has 0 aliphatic carbocycles. The second-order valence-electron chi connectivity index (χ2n) is 6.42. The van der Waals surface area contributed by atoms with Crippen LogP contribution in [0.15, 0.2) is 24.4 Å². The maximum Gasteiger partial charge on any atom is 0.287 e. The van der Waals surface area contributed by atoms with Crippen LogP contribution in [0.1, 0.15) is 47.3 Å². The first-order chi connectivity index (χ1) is 12.4. The summed E-state index contributed by atoms with van der Waals surface area (Å²) >= 11 is 0. The van der Waals surface area contributed by atoms with E-state index >= 15 is 0 Å². The molecule has 0 aromatic carbocycles. The molecule has 9 heteroatoms. The van der Waals surface area contributed by atoms with Crippen LogP contribution in [0.3, 0.4) is 0 Å². The van der Waals surface area contributed by atoms with Gasteiger partial charge in [0, 0.05) is 18.8 Å². The molecule has 26 heavy (non-hydrogen) atoms. The quantitative estimate of drug-likeness (QED) is 0.722. The first-order valence-electron chi connectivity index (χ1n) is 8.68. The molecule has 2 aromatic heterocycles. The summed E-state index contributed by atoms with van der Waals surface area (Å²) in [6.07, 6.45) is 3.89. The predicted octanol–water partition coefficient (Wildman–Crippen LogP) is 0.781. The molecule has 0 bridgehead atoms. The van der Waals surface area contributed by atoms with Gasteiger partial charge in [-0.15, -0.1) is 0 Å². The van der Waals surface area contributed by atoms with Crippen LogP contribution in [0.25, 0.3) is 5.52 Å². The molecule has 0 spiro atoms. The second-order valence-corrected chi connectivity index (χ2v) is 8.65. The monoisotopic (exact) mass is 378 g/mol. The Hall–Kier alpha value is -2.42. The summed E-state index contributed by atoms with van der Waals surface area (Å²) in [5, 5.41) is 5.52. The Labute approximate surface area is 151 Å². The van der Waals surface area contributed by atoms with E-state index in [1.54, 1.807) is 28.8 Å². The largest absolute Gasteiger partial charge is 0.349 e. The number of imidazole rings is 1. The molecule has 1 saturated heterocycles. The Morgan fingerprint density at radius 1 is 1.31 bits per heavy atom. The van der Waals surface area contributed by atoms with Crippen molar-refractivity contribution in [2.24, 2.45) is 0 Å². The molecule has 0 saturated carbocycles. The number of carbonyl (C=O) groups excluding carboxylic acids is 2. The van der Waals surface area contributed by atoms with E-state index in [2.05, 4.69) is 15.6 Å². The van der Waals surface area contributed by atoms with Crippen LogP contribution in [0.4, 0.5) is 0 Å². The smallest absolute Gasteiger partial charge is 0.287 e. The van der Waals surface area contributed by atoms with Crippen molar-refractivity contribution in [1.82, 2.24) is 20.0 Å². The normalized spacial score (nSPS) is 18.7. The van der Waals surface area contributed by atoms with E-state index < -0.39 is 21.8 Å². The third-order valence-electron chi connectivity index (χ3n) is 4.35. The lowest BCUT2D eigenvalue weighted by Crippen LogP contribution is -2.36. The molecule has 8 nitrogen and oxygen atoms in total. The van der Waals surface area contributed by atoms with E-state index in [1.807, 2.05) is 6.92 Å². The van der Waals surface area contributed by atoms with E-state index in [4.69, 9.17) is 0 Å². The zero-order valence-electron chi connectivity index (χ0n) is 14.6. The number of carbonyl (C=O) groups is 2. The number of hydrogen-bond donors (Lipinski definition) is 2. The van der Waals surface area contributed by atoms with Crippen molar-refractivity contribution < 1.29 is 18.0 Å². The molecule has 2 amide bonds. The summed E-state index contributed by atoms with van der Waals surface area (Å²) in [6, 6.07) is 4.79. The van der Waals surface area contributed by atoms with Crippen molar-refractivity contribution in [2.75, 3.05) is 18.1 Å². The van der Waals surface area contributed by atoms with Crippen LogP contribution in [0.2, 0.25) is 0 Å². The third kappa shape index (κ3) is 3.87. The molecule has 1 aliphatic rings. The Morgan fingerprint density at radius 2 is 2.12 bits per heavy atom. The van der Waals surface area contributed by atoms with Crippen molar-refractivity contribution in [3.8, 4) is 0 Å². The number of nitrogens with one attached hydrogen (secondary N) is 2. The standard InChI is InChI=1S/C17H22N4O4S/c1-2-3-8-18-17(23)15-20-14(13-6-4-5-9-21(13)15)16(22)19-12-7-10-26(24,25)11-12/h4-6,9,12H,2-3,7-8,10-11H2,1H3,(H,18,23)(H,19,22). The molecule has 1 unspecified atom stereocenters. The summed E-state index contributed by atoms with van der Waals surface area (Å²) in [7, 11) is -3.09. The fourth-order valence-electron chi connectivity index (χ4n) is 2.99. The third-order valence-corrected chi connectivity index (χ3v) is 6.12. The number of amides is 2. The van der Waals surface area contributed by atoms with Crippen molar-refractivity contribution in [3.63, 3.8) is 0 Å². The minimum absolute atomic E-state index is 0.0606. The second kappa shape index (κ2) is 7.45. The van der Waals surface area contributed by atoms with Crippen LogP contribution in [-0.2, 0) is 9.84 Å². The topological polar surface area (TPSA) is 110 Å². The van der Waals surface area contributed by atoms with Crippen LogP contribution < -0.4 is 10.6 Å². The molecule has 0 radical (unpaired) electrons. The van der Waals surface area contributed by atoms with Gasteiger partial charge in [-0.1, -0.05) is 19.4 Å². The molecule has 3 heterocycles. The van der Waals surface area contributed by atoms with E-state index in [9.17, 15) is 18.0 Å². The Balaban J connectivity index is 1.84. The number of aromatic nitrogens is 2. The number of fused-ring (bicyclic) bond motifs is 1. The highest BCUT2D eigenvalue weighted by Gasteiger charge is 2.30. The SMILES string of the molecule is CCCCNC(=O)c1nc(C(=O)NC2CCS(=O)(=O)C2)c2ccccn12. The lowest BCUT2D eigenvalue weighted by Gasteiger charge is -2.09. The molecule has 1 atom stereocenters. The highest BCUT2D eigenvalue weighted by atomic mass is 32.2. The van der Waals surface area contributed by atoms with Gasteiger partial charge in [0.15, 0.2) is 15.5 Å². The van der Waals surface area contributed by atoms with E-state index in [0.29, 0.717) is 18.5 Å². The van der Waals surface area contributed by atoms with Gasteiger partial charge in [0.25, 0.3) is 11.8 Å². The number of pyridine rings is 1. The van der Waals surface area contributed by atoms with E-state index in [1.165, 1.54) is 0 Å². The average molecular weight is 378 g/mol. The summed E-state index contributed by atoms with van der Waals surface area (Å²) < 4.78 is 24.7. The van der Waals surface area contributed by atoms with Gasteiger partial charge >= 0.3 is 0 Å². The lowest BCUT2D eigenvalue weighted by molar-refractivity contribution is 0.0938. The zero-order valence-corrected chi connectivity index (χ0v) is 15.4. The Bertz CT molecular complexity index is 935. The summed E-state index contributed by atoms with van der Waals surface area (Å²) in [6.45, 7) is 2.57. The molecule has 3 rings (SSSR count). The Morgan fingerprint density at radius 3 is 2.81 bits per heavy atom. The van der Waals surface area contributed by atoms with E-state index in [0.717, 1.165) is 12.8 Å². The molecule has 1 aliphatic heterocycles. The van der Waals surface area contributed by atoms with Gasteiger partial charge in [-0.3, -0.25) is 14.0 Å². The molecule has 140 valence electrons. The fraction of sp³-hybridized carbons (Fsp3) is 0.471. The van der Waals surface area contributed by atoms with Gasteiger partial charge in [0.05, 0.1) is 17.0 Å². The average Bonchev–Trinajstić information content (AvgIpc) is 3.15. The van der Waals surface area contributed by atoms with Gasteiger partial charge in [-0.25, -0.2) is 13.4 Å². The number of hydrogen-bond acceptors (Lipinski definition) is 5. The minimum Gasteiger partial charge on any atom is -0.349 e. The van der Waals surface area contributed by atoms with Crippen molar-refractivity contribution >= 4 is 27.2 Å². The number of sulfone groups is 1. The van der Waals surface area contributed by atoms with Gasteiger partial charge in [-0.2, -0.15) is 0 Å².